The Hall–Kier alpha value is 0.0700. The molecule has 0 bridgehead atoms. The summed E-state index contributed by atoms with van der Waals surface area (Å²) < 4.78 is 18.8. The molecule has 1 rings (SSSR count). The van der Waals surface area contributed by atoms with E-state index >= 15 is 0 Å². The van der Waals surface area contributed by atoms with Crippen LogP contribution in [0.4, 0.5) is 0 Å². The first-order chi connectivity index (χ1) is 5.29. The fraction of sp³-hybridized carbons (Fsp3) is 1.00. The molecule has 1 aliphatic carbocycles. The van der Waals surface area contributed by atoms with Crippen LogP contribution in [0.15, 0.2) is 0 Å². The molecule has 1 aliphatic rings. The molecule has 0 aromatic heterocycles. The summed E-state index contributed by atoms with van der Waals surface area (Å²) in [5.74, 6) is 0.227. The maximum Gasteiger partial charge on any atom is 0.167 e. The molecule has 11 heavy (non-hydrogen) atoms. The molecule has 0 saturated heterocycles. The topological polar surface area (TPSA) is 49.3 Å². The number of hydrogen-bond donors (Lipinski definition) is 2. The maximum absolute atomic E-state index is 10.3. The first-order valence-corrected chi connectivity index (χ1v) is 5.37. The Morgan fingerprint density at radius 1 is 1.36 bits per heavy atom. The van der Waals surface area contributed by atoms with E-state index in [2.05, 4.69) is 5.32 Å². The van der Waals surface area contributed by atoms with Gasteiger partial charge in [0.05, 0.1) is 5.88 Å². The van der Waals surface area contributed by atoms with Crippen LogP contribution in [0, 0.1) is 0 Å². The summed E-state index contributed by atoms with van der Waals surface area (Å²) in [6.07, 6.45) is 6.17. The average molecular weight is 177 g/mol. The average Bonchev–Trinajstić information content (AvgIpc) is 2.03. The van der Waals surface area contributed by atoms with E-state index < -0.39 is 11.1 Å². The van der Waals surface area contributed by atoms with Crippen LogP contribution in [0.3, 0.4) is 0 Å². The first-order valence-electron chi connectivity index (χ1n) is 4.10. The molecule has 3 nitrogen and oxygen atoms in total. The van der Waals surface area contributed by atoms with Gasteiger partial charge in [-0.05, 0) is 12.8 Å². The van der Waals surface area contributed by atoms with Crippen LogP contribution < -0.4 is 5.32 Å². The molecule has 2 N–H and O–H groups in total. The van der Waals surface area contributed by atoms with Crippen molar-refractivity contribution in [3.8, 4) is 0 Å². The number of nitrogens with one attached hydrogen (secondary N) is 1. The molecule has 1 unspecified atom stereocenters. The predicted octanol–water partition coefficient (Wildman–Crippen LogP) is 1.09. The molecular weight excluding hydrogens is 162 g/mol. The summed E-state index contributed by atoms with van der Waals surface area (Å²) in [5, 5.41) is 3.07. The lowest BCUT2D eigenvalue weighted by atomic mass is 9.96. The second kappa shape index (κ2) is 4.85. The van der Waals surface area contributed by atoms with Crippen LogP contribution in [-0.4, -0.2) is 20.7 Å². The Labute approximate surface area is 69.9 Å². The van der Waals surface area contributed by atoms with Gasteiger partial charge in [0.2, 0.25) is 0 Å². The minimum atomic E-state index is -1.68. The van der Waals surface area contributed by atoms with E-state index in [0.717, 1.165) is 12.8 Å². The lowest BCUT2D eigenvalue weighted by Gasteiger charge is -2.21. The Bertz CT molecular complexity index is 134. The van der Waals surface area contributed by atoms with Crippen molar-refractivity contribution in [2.24, 2.45) is 0 Å². The lowest BCUT2D eigenvalue weighted by Crippen LogP contribution is -2.33. The standard InChI is InChI=1S/C7H15NO2S/c9-11(10)6-8-7-4-2-1-3-5-7/h7-8H,1-6H2,(H,9,10). The zero-order valence-electron chi connectivity index (χ0n) is 6.58. The molecule has 0 amide bonds. The van der Waals surface area contributed by atoms with Crippen LogP contribution in [0.1, 0.15) is 32.1 Å². The van der Waals surface area contributed by atoms with Gasteiger partial charge in [-0.25, -0.2) is 4.21 Å². The zero-order valence-corrected chi connectivity index (χ0v) is 7.40. The van der Waals surface area contributed by atoms with Gasteiger partial charge in [-0.3, -0.25) is 0 Å². The smallest absolute Gasteiger partial charge is 0.167 e. The maximum atomic E-state index is 10.3. The zero-order chi connectivity index (χ0) is 8.10. The van der Waals surface area contributed by atoms with Gasteiger partial charge in [-0.15, -0.1) is 0 Å². The largest absolute Gasteiger partial charge is 0.305 e. The Kier molecular flexibility index (Phi) is 4.04. The van der Waals surface area contributed by atoms with Gasteiger partial charge in [-0.1, -0.05) is 19.3 Å². The molecule has 0 aromatic rings. The van der Waals surface area contributed by atoms with E-state index in [-0.39, 0.29) is 5.88 Å². The highest BCUT2D eigenvalue weighted by Gasteiger charge is 2.12. The third-order valence-corrected chi connectivity index (χ3v) is 2.51. The minimum Gasteiger partial charge on any atom is -0.305 e. The van der Waals surface area contributed by atoms with Crippen molar-refractivity contribution in [3.63, 3.8) is 0 Å². The summed E-state index contributed by atoms with van der Waals surface area (Å²) in [6, 6.07) is 0.486. The summed E-state index contributed by atoms with van der Waals surface area (Å²) >= 11 is -1.68. The predicted molar refractivity (Wildman–Crippen MR) is 45.6 cm³/mol. The molecule has 0 spiro atoms. The van der Waals surface area contributed by atoms with Crippen molar-refractivity contribution in [1.29, 1.82) is 0 Å². The molecule has 1 atom stereocenters. The molecule has 0 radical (unpaired) electrons. The monoisotopic (exact) mass is 177 g/mol. The van der Waals surface area contributed by atoms with Gasteiger partial charge < -0.3 is 9.87 Å². The van der Waals surface area contributed by atoms with Gasteiger partial charge >= 0.3 is 0 Å². The number of hydrogen-bond acceptors (Lipinski definition) is 2. The van der Waals surface area contributed by atoms with E-state index in [4.69, 9.17) is 4.55 Å². The van der Waals surface area contributed by atoms with Gasteiger partial charge in [0.1, 0.15) is 0 Å². The highest BCUT2D eigenvalue weighted by atomic mass is 32.2. The van der Waals surface area contributed by atoms with Crippen molar-refractivity contribution in [3.05, 3.63) is 0 Å². The molecule has 4 heteroatoms. The second-order valence-electron chi connectivity index (χ2n) is 3.00. The van der Waals surface area contributed by atoms with E-state index in [1.807, 2.05) is 0 Å². The van der Waals surface area contributed by atoms with Crippen LogP contribution in [0.25, 0.3) is 0 Å². The van der Waals surface area contributed by atoms with Gasteiger partial charge in [0.25, 0.3) is 0 Å². The van der Waals surface area contributed by atoms with Crippen LogP contribution >= 0.6 is 0 Å². The molecular formula is C7H15NO2S. The Morgan fingerprint density at radius 3 is 2.55 bits per heavy atom. The molecule has 0 aromatic carbocycles. The molecule has 1 saturated carbocycles. The minimum absolute atomic E-state index is 0.227. The Balaban J connectivity index is 2.09. The SMILES string of the molecule is O=S(O)CNC1CCCCC1. The van der Waals surface area contributed by atoms with Crippen LogP contribution in [0.2, 0.25) is 0 Å². The van der Waals surface area contributed by atoms with E-state index in [1.54, 1.807) is 0 Å². The molecule has 66 valence electrons. The summed E-state index contributed by atoms with van der Waals surface area (Å²) in [5.41, 5.74) is 0. The van der Waals surface area contributed by atoms with Crippen LogP contribution in [0.5, 0.6) is 0 Å². The van der Waals surface area contributed by atoms with Crippen LogP contribution in [-0.2, 0) is 11.1 Å². The third kappa shape index (κ3) is 3.84. The highest BCUT2D eigenvalue weighted by Crippen LogP contribution is 2.16. The van der Waals surface area contributed by atoms with E-state index in [9.17, 15) is 4.21 Å². The second-order valence-corrected chi connectivity index (χ2v) is 3.94. The van der Waals surface area contributed by atoms with E-state index in [0.29, 0.717) is 6.04 Å². The third-order valence-electron chi connectivity index (χ3n) is 2.10. The van der Waals surface area contributed by atoms with Crippen molar-refractivity contribution in [1.82, 2.24) is 5.32 Å². The molecule has 0 aliphatic heterocycles. The van der Waals surface area contributed by atoms with Gasteiger partial charge in [0, 0.05) is 6.04 Å². The normalized spacial score (nSPS) is 23.4. The van der Waals surface area contributed by atoms with Gasteiger partial charge in [0.15, 0.2) is 11.1 Å². The summed E-state index contributed by atoms with van der Waals surface area (Å²) in [7, 11) is 0. The lowest BCUT2D eigenvalue weighted by molar-refractivity contribution is 0.386. The van der Waals surface area contributed by atoms with Gasteiger partial charge in [-0.2, -0.15) is 0 Å². The van der Waals surface area contributed by atoms with Crippen molar-refractivity contribution in [2.45, 2.75) is 38.1 Å². The number of rotatable bonds is 3. The van der Waals surface area contributed by atoms with Crippen molar-refractivity contribution in [2.75, 3.05) is 5.88 Å². The highest BCUT2D eigenvalue weighted by molar-refractivity contribution is 7.79. The quantitative estimate of drug-likeness (QED) is 0.634. The molecule has 1 fully saturated rings. The van der Waals surface area contributed by atoms with Crippen molar-refractivity contribution < 1.29 is 8.76 Å². The Morgan fingerprint density at radius 2 is 2.00 bits per heavy atom. The fourth-order valence-electron chi connectivity index (χ4n) is 1.50. The first kappa shape index (κ1) is 9.16. The van der Waals surface area contributed by atoms with E-state index in [1.165, 1.54) is 19.3 Å². The summed E-state index contributed by atoms with van der Waals surface area (Å²) in [6.45, 7) is 0. The van der Waals surface area contributed by atoms with Crippen molar-refractivity contribution >= 4 is 11.1 Å². The summed E-state index contributed by atoms with van der Waals surface area (Å²) in [4.78, 5) is 0. The molecule has 0 heterocycles. The fourth-order valence-corrected chi connectivity index (χ4v) is 1.87.